The molecule has 0 radical (unpaired) electrons. The number of hydrogen-bond donors (Lipinski definition) is 1. The minimum absolute atomic E-state index is 0.148. The molecular weight excluding hydrogens is 247 g/mol. The fourth-order valence-electron chi connectivity index (χ4n) is 2.20. The van der Waals surface area contributed by atoms with Crippen molar-refractivity contribution in [1.29, 1.82) is 0 Å². The number of pyridine rings is 1. The van der Waals surface area contributed by atoms with Crippen LogP contribution in [0.25, 0.3) is 0 Å². The summed E-state index contributed by atoms with van der Waals surface area (Å²) in [5.41, 5.74) is 5.79. The topological polar surface area (TPSA) is 62.5 Å². The number of carbonyl (C=O) groups is 1. The SMILES string of the molecule is NCCCN1CCN(C(=O)c2cncc(F)c2)CC1. The molecule has 1 fully saturated rings. The molecule has 0 bridgehead atoms. The predicted molar refractivity (Wildman–Crippen MR) is 70.2 cm³/mol. The molecule has 5 nitrogen and oxygen atoms in total. The lowest BCUT2D eigenvalue weighted by Gasteiger charge is -2.34. The summed E-state index contributed by atoms with van der Waals surface area (Å²) in [4.78, 5) is 19.9. The summed E-state index contributed by atoms with van der Waals surface area (Å²) < 4.78 is 13.0. The Morgan fingerprint density at radius 1 is 1.32 bits per heavy atom. The molecule has 6 heteroatoms. The maximum Gasteiger partial charge on any atom is 0.255 e. The average Bonchev–Trinajstić information content (AvgIpc) is 2.45. The summed E-state index contributed by atoms with van der Waals surface area (Å²) in [6.07, 6.45) is 3.48. The van der Waals surface area contributed by atoms with Gasteiger partial charge in [0.15, 0.2) is 0 Å². The summed E-state index contributed by atoms with van der Waals surface area (Å²) in [5, 5.41) is 0. The van der Waals surface area contributed by atoms with Crippen molar-refractivity contribution in [3.05, 3.63) is 29.8 Å². The lowest BCUT2D eigenvalue weighted by molar-refractivity contribution is 0.0635. The molecule has 0 saturated carbocycles. The van der Waals surface area contributed by atoms with Gasteiger partial charge in [-0.1, -0.05) is 0 Å². The van der Waals surface area contributed by atoms with Crippen LogP contribution in [0.2, 0.25) is 0 Å². The fraction of sp³-hybridized carbons (Fsp3) is 0.538. The van der Waals surface area contributed by atoms with Crippen LogP contribution in [0.3, 0.4) is 0 Å². The van der Waals surface area contributed by atoms with E-state index in [0.717, 1.165) is 32.3 Å². The highest BCUT2D eigenvalue weighted by Gasteiger charge is 2.22. The van der Waals surface area contributed by atoms with Gasteiger partial charge in [-0.2, -0.15) is 0 Å². The smallest absolute Gasteiger partial charge is 0.255 e. The zero-order chi connectivity index (χ0) is 13.7. The van der Waals surface area contributed by atoms with Crippen molar-refractivity contribution < 1.29 is 9.18 Å². The van der Waals surface area contributed by atoms with Gasteiger partial charge in [0.1, 0.15) is 5.82 Å². The first kappa shape index (κ1) is 13.9. The van der Waals surface area contributed by atoms with Crippen molar-refractivity contribution in [3.63, 3.8) is 0 Å². The Hall–Kier alpha value is -1.53. The molecule has 1 aliphatic heterocycles. The number of hydrogen-bond acceptors (Lipinski definition) is 4. The van der Waals surface area contributed by atoms with Gasteiger partial charge in [0.25, 0.3) is 5.91 Å². The molecule has 0 aromatic carbocycles. The van der Waals surface area contributed by atoms with E-state index in [1.165, 1.54) is 12.3 Å². The average molecular weight is 266 g/mol. The van der Waals surface area contributed by atoms with E-state index in [4.69, 9.17) is 5.73 Å². The molecule has 2 rings (SSSR count). The number of aromatic nitrogens is 1. The number of carbonyl (C=O) groups excluding carboxylic acids is 1. The third kappa shape index (κ3) is 3.71. The van der Waals surface area contributed by atoms with E-state index in [2.05, 4.69) is 9.88 Å². The molecule has 0 spiro atoms. The molecule has 2 N–H and O–H groups in total. The van der Waals surface area contributed by atoms with Crippen LogP contribution >= 0.6 is 0 Å². The quantitative estimate of drug-likeness (QED) is 0.853. The van der Waals surface area contributed by atoms with Gasteiger partial charge < -0.3 is 10.6 Å². The van der Waals surface area contributed by atoms with Crippen molar-refractivity contribution in [1.82, 2.24) is 14.8 Å². The lowest BCUT2D eigenvalue weighted by atomic mass is 10.2. The minimum Gasteiger partial charge on any atom is -0.336 e. The number of amides is 1. The third-order valence-corrected chi connectivity index (χ3v) is 3.29. The van der Waals surface area contributed by atoms with E-state index in [-0.39, 0.29) is 5.91 Å². The van der Waals surface area contributed by atoms with Crippen LogP contribution in [0.4, 0.5) is 4.39 Å². The molecule has 104 valence electrons. The van der Waals surface area contributed by atoms with Gasteiger partial charge in [0, 0.05) is 32.4 Å². The van der Waals surface area contributed by atoms with Gasteiger partial charge >= 0.3 is 0 Å². The monoisotopic (exact) mass is 266 g/mol. The minimum atomic E-state index is -0.479. The lowest BCUT2D eigenvalue weighted by Crippen LogP contribution is -2.49. The van der Waals surface area contributed by atoms with Crippen LogP contribution in [0, 0.1) is 5.82 Å². The first-order chi connectivity index (χ1) is 9.20. The van der Waals surface area contributed by atoms with Crippen molar-refractivity contribution in [2.75, 3.05) is 39.3 Å². The number of rotatable bonds is 4. The van der Waals surface area contributed by atoms with E-state index in [1.54, 1.807) is 4.90 Å². The first-order valence-electron chi connectivity index (χ1n) is 6.53. The maximum atomic E-state index is 13.0. The van der Waals surface area contributed by atoms with Crippen molar-refractivity contribution in [3.8, 4) is 0 Å². The highest BCUT2D eigenvalue weighted by Crippen LogP contribution is 2.09. The Balaban J connectivity index is 1.89. The van der Waals surface area contributed by atoms with Crippen LogP contribution in [-0.2, 0) is 0 Å². The van der Waals surface area contributed by atoms with Crippen LogP contribution in [-0.4, -0.2) is 60.0 Å². The molecule has 1 saturated heterocycles. The zero-order valence-electron chi connectivity index (χ0n) is 10.9. The van der Waals surface area contributed by atoms with Crippen molar-refractivity contribution in [2.45, 2.75) is 6.42 Å². The van der Waals surface area contributed by atoms with Gasteiger partial charge in [-0.05, 0) is 25.6 Å². The Bertz CT molecular complexity index is 432. The number of piperazine rings is 1. The second-order valence-electron chi connectivity index (χ2n) is 4.67. The third-order valence-electron chi connectivity index (χ3n) is 3.29. The maximum absolute atomic E-state index is 13.0. The Morgan fingerprint density at radius 2 is 2.05 bits per heavy atom. The highest BCUT2D eigenvalue weighted by atomic mass is 19.1. The Kier molecular flexibility index (Phi) is 4.81. The summed E-state index contributed by atoms with van der Waals surface area (Å²) >= 11 is 0. The van der Waals surface area contributed by atoms with Crippen molar-refractivity contribution >= 4 is 5.91 Å². The molecule has 1 aromatic heterocycles. The second-order valence-corrected chi connectivity index (χ2v) is 4.67. The Morgan fingerprint density at radius 3 is 2.68 bits per heavy atom. The van der Waals surface area contributed by atoms with Gasteiger partial charge in [-0.25, -0.2) is 4.39 Å². The van der Waals surface area contributed by atoms with Gasteiger partial charge in [-0.15, -0.1) is 0 Å². The molecule has 1 amide bonds. The molecule has 1 aromatic rings. The second kappa shape index (κ2) is 6.58. The van der Waals surface area contributed by atoms with Gasteiger partial charge in [0.05, 0.1) is 11.8 Å². The van der Waals surface area contributed by atoms with E-state index >= 15 is 0 Å². The van der Waals surface area contributed by atoms with E-state index in [9.17, 15) is 9.18 Å². The largest absolute Gasteiger partial charge is 0.336 e. The summed E-state index contributed by atoms with van der Waals surface area (Å²) in [6, 6.07) is 1.23. The van der Waals surface area contributed by atoms with Crippen LogP contribution < -0.4 is 5.73 Å². The summed E-state index contributed by atoms with van der Waals surface area (Å²) in [5.74, 6) is -0.627. The molecule has 0 atom stereocenters. The summed E-state index contributed by atoms with van der Waals surface area (Å²) in [6.45, 7) is 4.68. The molecular formula is C13H19FN4O. The molecule has 19 heavy (non-hydrogen) atoms. The first-order valence-corrected chi connectivity index (χ1v) is 6.53. The fourth-order valence-corrected chi connectivity index (χ4v) is 2.20. The number of halogens is 1. The molecule has 2 heterocycles. The highest BCUT2D eigenvalue weighted by molar-refractivity contribution is 5.93. The van der Waals surface area contributed by atoms with Gasteiger partial charge in [-0.3, -0.25) is 14.7 Å². The standard InChI is InChI=1S/C13H19FN4O/c14-12-8-11(9-16-10-12)13(19)18-6-4-17(5-7-18)3-1-2-15/h8-10H,1-7,15H2. The van der Waals surface area contributed by atoms with E-state index in [0.29, 0.717) is 25.2 Å². The van der Waals surface area contributed by atoms with E-state index < -0.39 is 5.82 Å². The molecule has 0 aliphatic carbocycles. The zero-order valence-corrected chi connectivity index (χ0v) is 10.9. The Labute approximate surface area is 112 Å². The van der Waals surface area contributed by atoms with Crippen molar-refractivity contribution in [2.24, 2.45) is 5.73 Å². The van der Waals surface area contributed by atoms with E-state index in [1.807, 2.05) is 0 Å². The van der Waals surface area contributed by atoms with Crippen LogP contribution in [0.5, 0.6) is 0 Å². The number of nitrogens with zero attached hydrogens (tertiary/aromatic N) is 3. The normalized spacial score (nSPS) is 16.6. The predicted octanol–water partition coefficient (Wildman–Crippen LogP) is 0.327. The molecule has 1 aliphatic rings. The van der Waals surface area contributed by atoms with Gasteiger partial charge in [0.2, 0.25) is 0 Å². The van der Waals surface area contributed by atoms with Crippen LogP contribution in [0.1, 0.15) is 16.8 Å². The number of nitrogens with two attached hydrogens (primary N) is 1. The molecule has 0 unspecified atom stereocenters. The summed E-state index contributed by atoms with van der Waals surface area (Å²) in [7, 11) is 0. The van der Waals surface area contributed by atoms with Crippen LogP contribution in [0.15, 0.2) is 18.5 Å².